The van der Waals surface area contributed by atoms with Crippen molar-refractivity contribution >= 4 is 5.91 Å². The molecule has 0 aliphatic carbocycles. The zero-order valence-corrected chi connectivity index (χ0v) is 8.68. The number of nitrogens with zero attached hydrogens (tertiary/aromatic N) is 1. The molecule has 0 aromatic carbocycles. The first-order valence-electron chi connectivity index (χ1n) is 4.30. The van der Waals surface area contributed by atoms with Crippen molar-refractivity contribution in [2.24, 2.45) is 0 Å². The number of ether oxygens (including phenoxy) is 1. The molecule has 0 heterocycles. The summed E-state index contributed by atoms with van der Waals surface area (Å²) in [6, 6.07) is 0. The molecule has 0 saturated heterocycles. The first-order chi connectivity index (χ1) is 5.41. The Morgan fingerprint density at radius 1 is 1.50 bits per heavy atom. The lowest BCUT2D eigenvalue weighted by Gasteiger charge is -2.34. The largest absolute Gasteiger partial charge is 0.356 e. The summed E-state index contributed by atoms with van der Waals surface area (Å²) in [4.78, 5) is 12.6. The molecule has 0 radical (unpaired) electrons. The van der Waals surface area contributed by atoms with Gasteiger partial charge in [0.05, 0.1) is 0 Å². The molecule has 0 atom stereocenters. The van der Waals surface area contributed by atoms with Crippen LogP contribution in [0.3, 0.4) is 0 Å². The molecule has 0 aliphatic rings. The van der Waals surface area contributed by atoms with E-state index in [1.54, 1.807) is 11.9 Å². The topological polar surface area (TPSA) is 29.5 Å². The summed E-state index contributed by atoms with van der Waals surface area (Å²) in [5.74, 6) is 0.0242. The van der Waals surface area contributed by atoms with Crippen molar-refractivity contribution in [1.82, 2.24) is 4.90 Å². The fraction of sp³-hybridized carbons (Fsp3) is 0.889. The van der Waals surface area contributed by atoms with E-state index in [-0.39, 0.29) is 5.91 Å². The van der Waals surface area contributed by atoms with Crippen molar-refractivity contribution < 1.29 is 9.53 Å². The highest BCUT2D eigenvalue weighted by Gasteiger charge is 2.25. The Labute approximate surface area is 74.7 Å². The van der Waals surface area contributed by atoms with E-state index in [1.165, 1.54) is 6.92 Å². The lowest BCUT2D eigenvalue weighted by atomic mass is 10.2. The van der Waals surface area contributed by atoms with Crippen LogP contribution in [0.2, 0.25) is 0 Å². The van der Waals surface area contributed by atoms with E-state index in [9.17, 15) is 4.79 Å². The van der Waals surface area contributed by atoms with Gasteiger partial charge in [0.2, 0.25) is 5.91 Å². The molecule has 0 rings (SSSR count). The number of amides is 1. The lowest BCUT2D eigenvalue weighted by molar-refractivity contribution is -0.158. The highest BCUT2D eigenvalue weighted by Crippen LogP contribution is 2.14. The Morgan fingerprint density at radius 3 is 2.33 bits per heavy atom. The molecule has 0 aromatic heterocycles. The van der Waals surface area contributed by atoms with Gasteiger partial charge in [0.25, 0.3) is 0 Å². The maximum Gasteiger partial charge on any atom is 0.221 e. The van der Waals surface area contributed by atoms with Gasteiger partial charge in [-0.05, 0) is 20.3 Å². The number of rotatable bonds is 4. The minimum Gasteiger partial charge on any atom is -0.356 e. The molecule has 3 heteroatoms. The number of carbonyl (C=O) groups excluding carboxylic acids is 1. The maximum atomic E-state index is 11.0. The molecule has 0 unspecified atom stereocenters. The zero-order valence-electron chi connectivity index (χ0n) is 8.68. The van der Waals surface area contributed by atoms with Crippen LogP contribution in [0, 0.1) is 0 Å². The Balaban J connectivity index is 4.08. The van der Waals surface area contributed by atoms with E-state index in [4.69, 9.17) is 4.74 Å². The van der Waals surface area contributed by atoms with Crippen LogP contribution >= 0.6 is 0 Å². The van der Waals surface area contributed by atoms with Gasteiger partial charge in [0.15, 0.2) is 0 Å². The van der Waals surface area contributed by atoms with Crippen LogP contribution in [-0.2, 0) is 9.53 Å². The molecule has 0 bridgehead atoms. The second kappa shape index (κ2) is 4.45. The molecule has 0 aliphatic heterocycles. The quantitative estimate of drug-likeness (QED) is 0.605. The van der Waals surface area contributed by atoms with Crippen molar-refractivity contribution in [3.8, 4) is 0 Å². The zero-order chi connectivity index (χ0) is 9.78. The predicted molar refractivity (Wildman–Crippen MR) is 48.8 cm³/mol. The Kier molecular flexibility index (Phi) is 4.24. The molecule has 72 valence electrons. The average molecular weight is 173 g/mol. The van der Waals surface area contributed by atoms with Gasteiger partial charge in [-0.25, -0.2) is 0 Å². The Hall–Kier alpha value is -0.570. The fourth-order valence-electron chi connectivity index (χ4n) is 0.828. The Morgan fingerprint density at radius 2 is 2.00 bits per heavy atom. The Bertz CT molecular complexity index is 155. The van der Waals surface area contributed by atoms with Crippen LogP contribution < -0.4 is 0 Å². The summed E-state index contributed by atoms with van der Waals surface area (Å²) in [6.45, 7) is 8.06. The van der Waals surface area contributed by atoms with Crippen LogP contribution in [-0.4, -0.2) is 30.2 Å². The van der Waals surface area contributed by atoms with Crippen LogP contribution in [0.4, 0.5) is 0 Å². The van der Waals surface area contributed by atoms with Crippen molar-refractivity contribution in [3.05, 3.63) is 0 Å². The summed E-state index contributed by atoms with van der Waals surface area (Å²) in [5, 5.41) is 0. The van der Waals surface area contributed by atoms with Crippen molar-refractivity contribution in [3.63, 3.8) is 0 Å². The van der Waals surface area contributed by atoms with Crippen LogP contribution in [0.5, 0.6) is 0 Å². The molecule has 12 heavy (non-hydrogen) atoms. The third-order valence-electron chi connectivity index (χ3n) is 1.94. The smallest absolute Gasteiger partial charge is 0.221 e. The molecule has 0 fully saturated rings. The molecule has 0 aromatic rings. The second-order valence-corrected chi connectivity index (χ2v) is 3.37. The van der Waals surface area contributed by atoms with Crippen molar-refractivity contribution in [2.45, 2.75) is 39.8 Å². The summed E-state index contributed by atoms with van der Waals surface area (Å²) in [6.07, 6.45) is 0.967. The molecular weight excluding hydrogens is 154 g/mol. The standard InChI is InChI=1S/C9H19NO2/c1-6-7-12-9(3,4)10(5)8(2)11/h6-7H2,1-5H3. The minimum atomic E-state index is -0.484. The SMILES string of the molecule is CCCOC(C)(C)N(C)C(C)=O. The lowest BCUT2D eigenvalue weighted by Crippen LogP contribution is -2.46. The number of carbonyl (C=O) groups is 1. The molecule has 0 saturated carbocycles. The molecule has 3 nitrogen and oxygen atoms in total. The van der Waals surface area contributed by atoms with E-state index in [2.05, 4.69) is 0 Å². The van der Waals surface area contributed by atoms with E-state index in [0.717, 1.165) is 6.42 Å². The average Bonchev–Trinajstić information content (AvgIpc) is 1.99. The number of hydrogen-bond donors (Lipinski definition) is 0. The molecule has 0 spiro atoms. The molecule has 1 amide bonds. The van der Waals surface area contributed by atoms with E-state index in [0.29, 0.717) is 6.61 Å². The fourth-order valence-corrected chi connectivity index (χ4v) is 0.828. The van der Waals surface area contributed by atoms with Gasteiger partial charge >= 0.3 is 0 Å². The van der Waals surface area contributed by atoms with Crippen molar-refractivity contribution in [2.75, 3.05) is 13.7 Å². The van der Waals surface area contributed by atoms with Crippen LogP contribution in [0.25, 0.3) is 0 Å². The van der Waals surface area contributed by atoms with Gasteiger partial charge in [0, 0.05) is 20.6 Å². The summed E-state index contributed by atoms with van der Waals surface area (Å²) < 4.78 is 5.51. The molecule has 0 N–H and O–H groups in total. The highest BCUT2D eigenvalue weighted by molar-refractivity contribution is 5.73. The second-order valence-electron chi connectivity index (χ2n) is 3.37. The van der Waals surface area contributed by atoms with E-state index < -0.39 is 5.72 Å². The van der Waals surface area contributed by atoms with Gasteiger partial charge in [-0.2, -0.15) is 0 Å². The van der Waals surface area contributed by atoms with Gasteiger partial charge in [-0.15, -0.1) is 0 Å². The summed E-state index contributed by atoms with van der Waals surface area (Å²) in [7, 11) is 1.75. The van der Waals surface area contributed by atoms with Crippen molar-refractivity contribution in [1.29, 1.82) is 0 Å². The van der Waals surface area contributed by atoms with E-state index >= 15 is 0 Å². The van der Waals surface area contributed by atoms with Crippen LogP contribution in [0.1, 0.15) is 34.1 Å². The van der Waals surface area contributed by atoms with Gasteiger partial charge in [-0.3, -0.25) is 4.79 Å². The molecular formula is C9H19NO2. The number of hydrogen-bond acceptors (Lipinski definition) is 2. The van der Waals surface area contributed by atoms with E-state index in [1.807, 2.05) is 20.8 Å². The first kappa shape index (κ1) is 11.4. The normalized spacial score (nSPS) is 11.4. The van der Waals surface area contributed by atoms with Crippen LogP contribution in [0.15, 0.2) is 0 Å². The monoisotopic (exact) mass is 173 g/mol. The third-order valence-corrected chi connectivity index (χ3v) is 1.94. The summed E-state index contributed by atoms with van der Waals surface area (Å²) in [5.41, 5.74) is -0.484. The predicted octanol–water partition coefficient (Wildman–Crippen LogP) is 1.63. The highest BCUT2D eigenvalue weighted by atomic mass is 16.5. The summed E-state index contributed by atoms with van der Waals surface area (Å²) >= 11 is 0. The third kappa shape index (κ3) is 3.22. The minimum absolute atomic E-state index is 0.0242. The van der Waals surface area contributed by atoms with Gasteiger partial charge in [-0.1, -0.05) is 6.92 Å². The maximum absolute atomic E-state index is 11.0. The first-order valence-corrected chi connectivity index (χ1v) is 4.30. The van der Waals surface area contributed by atoms with Gasteiger partial charge < -0.3 is 9.64 Å². The van der Waals surface area contributed by atoms with Gasteiger partial charge in [0.1, 0.15) is 5.72 Å².